The molecule has 42 heavy (non-hydrogen) atoms. The van der Waals surface area contributed by atoms with Gasteiger partial charge < -0.3 is 14.8 Å². The molecule has 0 radical (unpaired) electrons. The molecule has 0 fully saturated rings. The van der Waals surface area contributed by atoms with Gasteiger partial charge in [-0.05, 0) is 53.6 Å². The molecule has 0 aliphatic heterocycles. The molecule has 4 aromatic rings. The first kappa shape index (κ1) is 30.4. The van der Waals surface area contributed by atoms with Gasteiger partial charge in [0.1, 0.15) is 22.9 Å². The van der Waals surface area contributed by atoms with Crippen LogP contribution in [0.25, 0.3) is 0 Å². The fraction of sp³-hybridized carbons (Fsp3) is 0.167. The van der Waals surface area contributed by atoms with Crippen LogP contribution in [0.2, 0.25) is 0 Å². The van der Waals surface area contributed by atoms with Crippen LogP contribution in [-0.4, -0.2) is 25.6 Å². The topological polar surface area (TPSA) is 47.6 Å². The minimum atomic E-state index is -5.08. The molecule has 0 saturated carbocycles. The van der Waals surface area contributed by atoms with Crippen LogP contribution in [0, 0.1) is 17.5 Å². The summed E-state index contributed by atoms with van der Waals surface area (Å²) in [6, 6.07) is 15.9. The van der Waals surface area contributed by atoms with Gasteiger partial charge in [-0.25, -0.2) is 17.6 Å². The van der Waals surface area contributed by atoms with Crippen molar-refractivity contribution in [3.05, 3.63) is 131 Å². The Hall–Kier alpha value is -4.61. The average molecular weight is 595 g/mol. The Morgan fingerprint density at radius 3 is 2.10 bits per heavy atom. The highest BCUT2D eigenvalue weighted by molar-refractivity contribution is 5.95. The van der Waals surface area contributed by atoms with E-state index in [4.69, 9.17) is 4.74 Å². The number of amides is 1. The summed E-state index contributed by atoms with van der Waals surface area (Å²) in [6.07, 6.45) is -12.1. The zero-order valence-corrected chi connectivity index (χ0v) is 21.6. The number of benzene rings is 4. The van der Waals surface area contributed by atoms with Gasteiger partial charge in [0.25, 0.3) is 5.91 Å². The minimum absolute atomic E-state index is 0.0474. The van der Waals surface area contributed by atoms with E-state index in [-0.39, 0.29) is 11.1 Å². The van der Waals surface area contributed by atoms with Crippen LogP contribution in [-0.2, 0) is 5.54 Å². The molecular formula is C30H21F8NO3. The molecule has 0 bridgehead atoms. The fourth-order valence-electron chi connectivity index (χ4n) is 4.38. The molecule has 1 N–H and O–H groups in total. The first-order valence-corrected chi connectivity index (χ1v) is 12.1. The van der Waals surface area contributed by atoms with Gasteiger partial charge in [-0.3, -0.25) is 4.79 Å². The second kappa shape index (κ2) is 12.1. The third-order valence-corrected chi connectivity index (χ3v) is 6.35. The second-order valence-electron chi connectivity index (χ2n) is 9.00. The first-order chi connectivity index (χ1) is 19.9. The lowest BCUT2D eigenvalue weighted by Crippen LogP contribution is -2.50. The summed E-state index contributed by atoms with van der Waals surface area (Å²) in [4.78, 5) is 13.5. The van der Waals surface area contributed by atoms with Crippen LogP contribution in [0.4, 0.5) is 35.1 Å². The average Bonchev–Trinajstić information content (AvgIpc) is 2.96. The zero-order chi connectivity index (χ0) is 30.7. The summed E-state index contributed by atoms with van der Waals surface area (Å²) in [7, 11) is 1.08. The van der Waals surface area contributed by atoms with E-state index in [9.17, 15) is 31.1 Å². The highest BCUT2D eigenvalue weighted by Gasteiger charge is 2.48. The number of carbonyl (C=O) groups excluding carboxylic acids is 1. The van der Waals surface area contributed by atoms with E-state index >= 15 is 8.78 Å². The molecule has 0 spiro atoms. The van der Waals surface area contributed by atoms with Gasteiger partial charge in [0.05, 0.1) is 7.11 Å². The van der Waals surface area contributed by atoms with Crippen LogP contribution < -0.4 is 14.8 Å². The standard InChI is InChI=1S/C30H21F8NO3/c1-41-25-15-18(11-12-24(25)33)29(26(34)22-9-5-6-10-23(22)32,39-27(40)17-7-3-2-4-8-17)19-13-20(31)16-21(14-19)42-30(37,38)28(35)36/h2-16,26,28H,1H3,(H,39,40)/t26-,29-/m1/s1. The van der Waals surface area contributed by atoms with Crippen molar-refractivity contribution in [1.29, 1.82) is 0 Å². The Kier molecular flexibility index (Phi) is 8.74. The Morgan fingerprint density at radius 2 is 1.45 bits per heavy atom. The third kappa shape index (κ3) is 6.02. The van der Waals surface area contributed by atoms with Crippen LogP contribution in [0.3, 0.4) is 0 Å². The summed E-state index contributed by atoms with van der Waals surface area (Å²) in [5.74, 6) is -6.02. The quantitative estimate of drug-likeness (QED) is 0.191. The smallest absolute Gasteiger partial charge is 0.461 e. The van der Waals surface area contributed by atoms with Gasteiger partial charge in [0.2, 0.25) is 0 Å². The van der Waals surface area contributed by atoms with Crippen LogP contribution in [0.1, 0.15) is 33.2 Å². The van der Waals surface area contributed by atoms with Crippen LogP contribution in [0.15, 0.2) is 91.0 Å². The molecule has 0 aromatic heterocycles. The predicted octanol–water partition coefficient (Wildman–Crippen LogP) is 7.73. The van der Waals surface area contributed by atoms with Gasteiger partial charge in [-0.1, -0.05) is 42.5 Å². The van der Waals surface area contributed by atoms with Crippen molar-refractivity contribution < 1.29 is 49.4 Å². The van der Waals surface area contributed by atoms with Gasteiger partial charge in [-0.15, -0.1) is 0 Å². The molecule has 0 saturated heterocycles. The Labute approximate surface area is 234 Å². The molecule has 0 unspecified atom stereocenters. The second-order valence-corrected chi connectivity index (χ2v) is 9.00. The van der Waals surface area contributed by atoms with Crippen molar-refractivity contribution in [2.75, 3.05) is 7.11 Å². The van der Waals surface area contributed by atoms with E-state index in [1.165, 1.54) is 36.4 Å². The predicted molar refractivity (Wildman–Crippen MR) is 136 cm³/mol. The molecular weight excluding hydrogens is 574 g/mol. The third-order valence-electron chi connectivity index (χ3n) is 6.35. The van der Waals surface area contributed by atoms with E-state index in [0.29, 0.717) is 18.2 Å². The van der Waals surface area contributed by atoms with Crippen molar-refractivity contribution in [2.45, 2.75) is 24.2 Å². The fourth-order valence-corrected chi connectivity index (χ4v) is 4.38. The number of ether oxygens (including phenoxy) is 2. The lowest BCUT2D eigenvalue weighted by molar-refractivity contribution is -0.253. The first-order valence-electron chi connectivity index (χ1n) is 12.1. The van der Waals surface area contributed by atoms with Crippen molar-refractivity contribution in [3.8, 4) is 11.5 Å². The van der Waals surface area contributed by atoms with Crippen molar-refractivity contribution >= 4 is 5.91 Å². The maximum absolute atomic E-state index is 17.0. The van der Waals surface area contributed by atoms with Crippen LogP contribution in [0.5, 0.6) is 11.5 Å². The summed E-state index contributed by atoms with van der Waals surface area (Å²) < 4.78 is 124. The lowest BCUT2D eigenvalue weighted by Gasteiger charge is -2.39. The summed E-state index contributed by atoms with van der Waals surface area (Å²) >= 11 is 0. The number of methoxy groups -OCH3 is 1. The molecule has 4 rings (SSSR count). The number of halogens is 8. The van der Waals surface area contributed by atoms with Crippen molar-refractivity contribution in [2.24, 2.45) is 0 Å². The molecule has 12 heteroatoms. The maximum atomic E-state index is 17.0. The molecule has 1 amide bonds. The normalized spacial score (nSPS) is 13.8. The van der Waals surface area contributed by atoms with E-state index in [1.807, 2.05) is 0 Å². The number of hydrogen-bond donors (Lipinski definition) is 1. The van der Waals surface area contributed by atoms with E-state index in [0.717, 1.165) is 37.4 Å². The summed E-state index contributed by atoms with van der Waals surface area (Å²) in [6.45, 7) is 0. The monoisotopic (exact) mass is 595 g/mol. The number of nitrogens with one attached hydrogen (secondary N) is 1. The zero-order valence-electron chi connectivity index (χ0n) is 21.6. The highest BCUT2D eigenvalue weighted by atomic mass is 19.3. The van der Waals surface area contributed by atoms with E-state index < -0.39 is 70.2 Å². The maximum Gasteiger partial charge on any atom is 0.461 e. The summed E-state index contributed by atoms with van der Waals surface area (Å²) in [5, 5.41) is 2.40. The largest absolute Gasteiger partial charge is 0.494 e. The van der Waals surface area contributed by atoms with Gasteiger partial charge >= 0.3 is 12.5 Å². The van der Waals surface area contributed by atoms with Gasteiger partial charge in [0.15, 0.2) is 17.7 Å². The van der Waals surface area contributed by atoms with Gasteiger partial charge in [0, 0.05) is 17.2 Å². The Morgan fingerprint density at radius 1 is 0.786 bits per heavy atom. The number of carbonyl (C=O) groups is 1. The van der Waals surface area contributed by atoms with Gasteiger partial charge in [-0.2, -0.15) is 17.6 Å². The van der Waals surface area contributed by atoms with E-state index in [1.54, 1.807) is 6.07 Å². The van der Waals surface area contributed by atoms with Crippen LogP contribution >= 0.6 is 0 Å². The Bertz CT molecular complexity index is 1570. The minimum Gasteiger partial charge on any atom is -0.494 e. The van der Waals surface area contributed by atoms with Crippen molar-refractivity contribution in [3.63, 3.8) is 0 Å². The molecule has 0 heterocycles. The molecule has 0 aliphatic rings. The molecule has 2 atom stereocenters. The Balaban J connectivity index is 2.07. The molecule has 220 valence electrons. The number of alkyl halides is 5. The molecule has 0 aliphatic carbocycles. The number of hydrogen-bond acceptors (Lipinski definition) is 3. The van der Waals surface area contributed by atoms with Crippen molar-refractivity contribution in [1.82, 2.24) is 5.32 Å². The van der Waals surface area contributed by atoms with E-state index in [2.05, 4.69) is 10.1 Å². The molecule has 4 nitrogen and oxygen atoms in total. The molecule has 4 aromatic carbocycles. The highest BCUT2D eigenvalue weighted by Crippen LogP contribution is 2.47. The lowest BCUT2D eigenvalue weighted by atomic mass is 9.75. The number of rotatable bonds is 10. The summed E-state index contributed by atoms with van der Waals surface area (Å²) in [5.41, 5.74) is -4.45. The SMILES string of the molecule is COc1cc([C@@](NC(=O)c2ccccc2)(c2cc(F)cc(OC(F)(F)C(F)F)c2)[C@H](F)c2ccccc2F)ccc1F.